The highest BCUT2D eigenvalue weighted by Gasteiger charge is 2.04. The van der Waals surface area contributed by atoms with E-state index in [1.165, 1.54) is 95.5 Å². The molecule has 1 aromatic carbocycles. The highest BCUT2D eigenvalue weighted by atomic mass is 35.5. The maximum Gasteiger partial charge on any atom is 0.244 e. The molecule has 0 spiro atoms. The first kappa shape index (κ1) is 25.8. The van der Waals surface area contributed by atoms with E-state index in [1.54, 1.807) is 0 Å². The molecule has 0 atom stereocenters. The van der Waals surface area contributed by atoms with Gasteiger partial charge in [-0.15, -0.1) is 0 Å². The third kappa shape index (κ3) is 12.8. The number of aryl methyl sites for hydroxylation is 1. The Morgan fingerprint density at radius 3 is 1.76 bits per heavy atom. The van der Waals surface area contributed by atoms with E-state index in [0.717, 1.165) is 13.1 Å². The van der Waals surface area contributed by atoms with Gasteiger partial charge in [0.2, 0.25) is 6.33 Å². The van der Waals surface area contributed by atoms with E-state index in [9.17, 15) is 0 Å². The van der Waals surface area contributed by atoms with Gasteiger partial charge < -0.3 is 12.4 Å². The standard InChI is InChI=1S/C26H43N2.ClH/c1-2-3-4-5-6-7-8-9-10-11-12-13-14-18-21-27-22-23-28(25-27)24-26-19-16-15-17-20-26;/h15-17,19-20,22-23,25H,2-14,18,21,24H2,1H3;1H/q+1;/p-1. The summed E-state index contributed by atoms with van der Waals surface area (Å²) in [5, 5.41) is 0. The van der Waals surface area contributed by atoms with Crippen LogP contribution in [0.5, 0.6) is 0 Å². The molecule has 0 aliphatic heterocycles. The number of rotatable bonds is 17. The van der Waals surface area contributed by atoms with Crippen molar-refractivity contribution < 1.29 is 17.0 Å². The topological polar surface area (TPSA) is 8.81 Å². The van der Waals surface area contributed by atoms with Crippen LogP contribution in [0.3, 0.4) is 0 Å². The molecule has 0 aliphatic rings. The van der Waals surface area contributed by atoms with Gasteiger partial charge in [-0.1, -0.05) is 114 Å². The highest BCUT2D eigenvalue weighted by molar-refractivity contribution is 5.13. The molecule has 0 fully saturated rings. The number of benzene rings is 1. The molecule has 2 nitrogen and oxygen atoms in total. The molecular weight excluding hydrogens is 376 g/mol. The van der Waals surface area contributed by atoms with Crippen molar-refractivity contribution in [1.82, 2.24) is 4.57 Å². The van der Waals surface area contributed by atoms with Gasteiger partial charge in [0.1, 0.15) is 18.9 Å². The summed E-state index contributed by atoms with van der Waals surface area (Å²) in [4.78, 5) is 0. The summed E-state index contributed by atoms with van der Waals surface area (Å²) in [7, 11) is 0. The van der Waals surface area contributed by atoms with Gasteiger partial charge in [0, 0.05) is 0 Å². The minimum atomic E-state index is 0. The van der Waals surface area contributed by atoms with Gasteiger partial charge in [0.15, 0.2) is 0 Å². The first-order valence-corrected chi connectivity index (χ1v) is 12.0. The van der Waals surface area contributed by atoms with Crippen molar-refractivity contribution in [2.75, 3.05) is 0 Å². The Morgan fingerprint density at radius 1 is 0.690 bits per heavy atom. The van der Waals surface area contributed by atoms with Gasteiger partial charge >= 0.3 is 0 Å². The molecule has 0 saturated heterocycles. The Hall–Kier alpha value is -1.28. The van der Waals surface area contributed by atoms with Crippen LogP contribution in [0.4, 0.5) is 0 Å². The van der Waals surface area contributed by atoms with E-state index in [0.29, 0.717) is 0 Å². The van der Waals surface area contributed by atoms with Crippen molar-refractivity contribution in [2.24, 2.45) is 0 Å². The number of imidazole rings is 1. The molecule has 1 aromatic heterocycles. The Morgan fingerprint density at radius 2 is 1.21 bits per heavy atom. The molecule has 29 heavy (non-hydrogen) atoms. The molecule has 0 aliphatic carbocycles. The molecule has 2 aromatic rings. The molecule has 0 amide bonds. The summed E-state index contributed by atoms with van der Waals surface area (Å²) < 4.78 is 4.61. The number of unbranched alkanes of at least 4 members (excludes halogenated alkanes) is 13. The lowest BCUT2D eigenvalue weighted by Gasteiger charge is -2.03. The van der Waals surface area contributed by atoms with E-state index in [1.807, 2.05) is 0 Å². The molecule has 0 bridgehead atoms. The number of hydrogen-bond acceptors (Lipinski definition) is 0. The largest absolute Gasteiger partial charge is 1.00 e. The predicted molar refractivity (Wildman–Crippen MR) is 120 cm³/mol. The number of aromatic nitrogens is 2. The Labute approximate surface area is 186 Å². The lowest BCUT2D eigenvalue weighted by atomic mass is 10.0. The minimum Gasteiger partial charge on any atom is -1.00 e. The summed E-state index contributed by atoms with van der Waals surface area (Å²) in [6.45, 7) is 4.41. The molecule has 164 valence electrons. The van der Waals surface area contributed by atoms with E-state index < -0.39 is 0 Å². The molecule has 0 unspecified atom stereocenters. The van der Waals surface area contributed by atoms with Crippen molar-refractivity contribution in [1.29, 1.82) is 0 Å². The van der Waals surface area contributed by atoms with Crippen LogP contribution in [-0.2, 0) is 13.1 Å². The average Bonchev–Trinajstić information content (AvgIpc) is 3.16. The van der Waals surface area contributed by atoms with Gasteiger partial charge in [-0.05, 0) is 18.4 Å². The fraction of sp³-hybridized carbons (Fsp3) is 0.654. The fourth-order valence-corrected chi connectivity index (χ4v) is 3.95. The van der Waals surface area contributed by atoms with Gasteiger partial charge in [-0.25, -0.2) is 9.13 Å². The van der Waals surface area contributed by atoms with Crippen LogP contribution in [0.2, 0.25) is 0 Å². The monoisotopic (exact) mass is 418 g/mol. The molecular formula is C26H43ClN2. The van der Waals surface area contributed by atoms with Crippen LogP contribution in [0.15, 0.2) is 49.1 Å². The molecule has 0 N–H and O–H groups in total. The maximum absolute atomic E-state index is 2.34. The molecule has 2 rings (SSSR count). The smallest absolute Gasteiger partial charge is 0.244 e. The van der Waals surface area contributed by atoms with Crippen molar-refractivity contribution in [3.63, 3.8) is 0 Å². The van der Waals surface area contributed by atoms with Crippen molar-refractivity contribution >= 4 is 0 Å². The van der Waals surface area contributed by atoms with E-state index >= 15 is 0 Å². The lowest BCUT2D eigenvalue weighted by molar-refractivity contribution is -0.687. The Kier molecular flexibility index (Phi) is 15.6. The van der Waals surface area contributed by atoms with Crippen molar-refractivity contribution in [3.05, 3.63) is 54.6 Å². The molecule has 3 heteroatoms. The predicted octanol–water partition coefficient (Wildman–Crippen LogP) is 4.31. The second kappa shape index (κ2) is 17.6. The minimum absolute atomic E-state index is 0. The van der Waals surface area contributed by atoms with E-state index in [-0.39, 0.29) is 12.4 Å². The second-order valence-electron chi connectivity index (χ2n) is 8.41. The van der Waals surface area contributed by atoms with E-state index in [4.69, 9.17) is 0 Å². The maximum atomic E-state index is 2.34. The number of nitrogens with zero attached hydrogens (tertiary/aromatic N) is 2. The van der Waals surface area contributed by atoms with E-state index in [2.05, 4.69) is 65.1 Å². The van der Waals surface area contributed by atoms with Crippen LogP contribution >= 0.6 is 0 Å². The summed E-state index contributed by atoms with van der Waals surface area (Å²) in [5.41, 5.74) is 1.36. The lowest BCUT2D eigenvalue weighted by Crippen LogP contribution is -3.00. The third-order valence-electron chi connectivity index (χ3n) is 5.72. The second-order valence-corrected chi connectivity index (χ2v) is 8.41. The highest BCUT2D eigenvalue weighted by Crippen LogP contribution is 2.13. The van der Waals surface area contributed by atoms with Crippen LogP contribution in [0, 0.1) is 0 Å². The number of hydrogen-bond donors (Lipinski definition) is 0. The number of halogens is 1. The van der Waals surface area contributed by atoms with Crippen LogP contribution in [-0.4, -0.2) is 4.57 Å². The Bertz CT molecular complexity index is 594. The molecule has 1 heterocycles. The van der Waals surface area contributed by atoms with Crippen LogP contribution in [0.25, 0.3) is 0 Å². The van der Waals surface area contributed by atoms with Gasteiger partial charge in [-0.2, -0.15) is 0 Å². The summed E-state index contributed by atoms with van der Waals surface area (Å²) in [5.74, 6) is 0. The zero-order valence-corrected chi connectivity index (χ0v) is 19.5. The summed E-state index contributed by atoms with van der Waals surface area (Å²) in [6.07, 6.45) is 26.6. The van der Waals surface area contributed by atoms with Crippen molar-refractivity contribution in [3.8, 4) is 0 Å². The zero-order chi connectivity index (χ0) is 19.7. The summed E-state index contributed by atoms with van der Waals surface area (Å²) >= 11 is 0. The van der Waals surface area contributed by atoms with Gasteiger partial charge in [0.05, 0.1) is 6.54 Å². The fourth-order valence-electron chi connectivity index (χ4n) is 3.95. The first-order valence-electron chi connectivity index (χ1n) is 12.0. The van der Waals surface area contributed by atoms with Crippen LogP contribution < -0.4 is 17.0 Å². The summed E-state index contributed by atoms with van der Waals surface area (Å²) in [6, 6.07) is 10.7. The zero-order valence-electron chi connectivity index (χ0n) is 18.7. The Balaban J connectivity index is 0.00000420. The van der Waals surface area contributed by atoms with Gasteiger partial charge in [-0.3, -0.25) is 0 Å². The third-order valence-corrected chi connectivity index (χ3v) is 5.72. The van der Waals surface area contributed by atoms with Gasteiger partial charge in [0.25, 0.3) is 0 Å². The molecule has 0 radical (unpaired) electrons. The quantitative estimate of drug-likeness (QED) is 0.267. The average molecular weight is 419 g/mol. The SMILES string of the molecule is CCCCCCCCCCCCCCCCn1cc[n+](Cc2ccccc2)c1.[Cl-]. The normalized spacial score (nSPS) is 10.8. The van der Waals surface area contributed by atoms with Crippen LogP contribution in [0.1, 0.15) is 102 Å². The first-order chi connectivity index (χ1) is 13.9. The van der Waals surface area contributed by atoms with Crippen molar-refractivity contribution in [2.45, 2.75) is 110 Å². The molecule has 0 saturated carbocycles.